The Hall–Kier alpha value is -4.47. The number of tetrazole rings is 1. The third-order valence-electron chi connectivity index (χ3n) is 5.09. The second kappa shape index (κ2) is 8.95. The second-order valence-electron chi connectivity index (χ2n) is 7.33. The number of imidazole rings is 1. The van der Waals surface area contributed by atoms with Crippen molar-refractivity contribution >= 4 is 16.9 Å². The maximum atomic E-state index is 6.07. The average molecular weight is 442 g/mol. The number of aryl methyl sites for hydroxylation is 1. The number of hydrogen-bond donors (Lipinski definition) is 1. The SMILES string of the molecule is COc1cccc(CNc2cccc(COc3nc4ccccc4n3-c3nnnn3C)n2)c1. The van der Waals surface area contributed by atoms with Gasteiger partial charge in [-0.1, -0.05) is 35.4 Å². The van der Waals surface area contributed by atoms with Crippen LogP contribution in [0.5, 0.6) is 11.8 Å². The number of benzene rings is 2. The molecule has 0 saturated carbocycles. The summed E-state index contributed by atoms with van der Waals surface area (Å²) in [6.45, 7) is 0.868. The molecule has 0 saturated heterocycles. The number of ether oxygens (including phenoxy) is 2. The number of aromatic nitrogens is 7. The highest BCUT2D eigenvalue weighted by atomic mass is 16.5. The van der Waals surface area contributed by atoms with Gasteiger partial charge < -0.3 is 14.8 Å². The van der Waals surface area contributed by atoms with Crippen LogP contribution in [0.25, 0.3) is 17.0 Å². The molecule has 0 unspecified atom stereocenters. The van der Waals surface area contributed by atoms with Gasteiger partial charge >= 0.3 is 6.01 Å². The van der Waals surface area contributed by atoms with Crippen LogP contribution in [0, 0.1) is 0 Å². The molecular weight excluding hydrogens is 420 g/mol. The van der Waals surface area contributed by atoms with Crippen molar-refractivity contribution in [3.05, 3.63) is 78.0 Å². The van der Waals surface area contributed by atoms with Crippen LogP contribution < -0.4 is 14.8 Å². The minimum Gasteiger partial charge on any atom is -0.497 e. The number of fused-ring (bicyclic) bond motifs is 1. The molecule has 10 heteroatoms. The number of rotatable bonds is 8. The topological polar surface area (TPSA) is 105 Å². The van der Waals surface area contributed by atoms with Crippen LogP contribution in [-0.4, -0.2) is 41.9 Å². The number of para-hydroxylation sites is 2. The molecule has 0 amide bonds. The summed E-state index contributed by atoms with van der Waals surface area (Å²) in [6, 6.07) is 21.8. The first-order valence-electron chi connectivity index (χ1n) is 10.4. The molecule has 2 aromatic carbocycles. The Morgan fingerprint density at radius 1 is 0.970 bits per heavy atom. The lowest BCUT2D eigenvalue weighted by Crippen LogP contribution is -2.09. The van der Waals surface area contributed by atoms with Crippen LogP contribution >= 0.6 is 0 Å². The number of nitrogens with one attached hydrogen (secondary N) is 1. The lowest BCUT2D eigenvalue weighted by Gasteiger charge is -2.10. The van der Waals surface area contributed by atoms with Crippen molar-refractivity contribution in [1.29, 1.82) is 0 Å². The number of nitrogens with zero attached hydrogens (tertiary/aromatic N) is 7. The van der Waals surface area contributed by atoms with Gasteiger partial charge in [-0.15, -0.1) is 0 Å². The molecule has 1 N–H and O–H groups in total. The highest BCUT2D eigenvalue weighted by Crippen LogP contribution is 2.25. The van der Waals surface area contributed by atoms with Crippen LogP contribution in [-0.2, 0) is 20.2 Å². The molecular formula is C23H22N8O2. The number of anilines is 1. The first-order chi connectivity index (χ1) is 16.2. The van der Waals surface area contributed by atoms with Crippen molar-refractivity contribution in [2.24, 2.45) is 7.05 Å². The lowest BCUT2D eigenvalue weighted by atomic mass is 10.2. The molecule has 0 bridgehead atoms. The number of methoxy groups -OCH3 is 1. The highest BCUT2D eigenvalue weighted by Gasteiger charge is 2.18. The molecule has 0 aliphatic carbocycles. The normalized spacial score (nSPS) is 11.0. The first kappa shape index (κ1) is 20.4. The fourth-order valence-electron chi connectivity index (χ4n) is 3.48. The summed E-state index contributed by atoms with van der Waals surface area (Å²) < 4.78 is 14.7. The van der Waals surface area contributed by atoms with Gasteiger partial charge in [0.05, 0.1) is 23.8 Å². The summed E-state index contributed by atoms with van der Waals surface area (Å²) in [5.41, 5.74) is 3.51. The molecule has 3 heterocycles. The average Bonchev–Trinajstić information content (AvgIpc) is 3.44. The Morgan fingerprint density at radius 2 is 1.85 bits per heavy atom. The zero-order valence-electron chi connectivity index (χ0n) is 18.2. The van der Waals surface area contributed by atoms with Crippen LogP contribution in [0.1, 0.15) is 11.3 Å². The predicted molar refractivity (Wildman–Crippen MR) is 122 cm³/mol. The van der Waals surface area contributed by atoms with E-state index in [9.17, 15) is 0 Å². The first-order valence-corrected chi connectivity index (χ1v) is 10.4. The summed E-state index contributed by atoms with van der Waals surface area (Å²) in [7, 11) is 3.43. The van der Waals surface area contributed by atoms with Crippen LogP contribution in [0.2, 0.25) is 0 Å². The van der Waals surface area contributed by atoms with Crippen molar-refractivity contribution < 1.29 is 9.47 Å². The maximum Gasteiger partial charge on any atom is 0.305 e. The smallest absolute Gasteiger partial charge is 0.305 e. The largest absolute Gasteiger partial charge is 0.497 e. The van der Waals surface area contributed by atoms with Gasteiger partial charge in [0, 0.05) is 13.6 Å². The third-order valence-corrected chi connectivity index (χ3v) is 5.09. The molecule has 0 aliphatic heterocycles. The molecule has 33 heavy (non-hydrogen) atoms. The summed E-state index contributed by atoms with van der Waals surface area (Å²) in [6.07, 6.45) is 0. The number of hydrogen-bond acceptors (Lipinski definition) is 8. The Bertz CT molecular complexity index is 1390. The van der Waals surface area contributed by atoms with E-state index in [1.54, 1.807) is 23.4 Å². The van der Waals surface area contributed by atoms with E-state index in [-0.39, 0.29) is 6.61 Å². The van der Waals surface area contributed by atoms with E-state index >= 15 is 0 Å². The number of pyridine rings is 1. The summed E-state index contributed by atoms with van der Waals surface area (Å²) in [5, 5.41) is 15.1. The minimum atomic E-state index is 0.239. The van der Waals surface area contributed by atoms with Gasteiger partial charge in [-0.25, -0.2) is 14.2 Å². The van der Waals surface area contributed by atoms with Gasteiger partial charge in [0.1, 0.15) is 18.2 Å². The molecule has 0 atom stereocenters. The van der Waals surface area contributed by atoms with Crippen LogP contribution in [0.3, 0.4) is 0 Å². The standard InChI is InChI=1S/C23H22N8O2/c1-30-22(27-28-29-30)31-20-11-4-3-10-19(20)26-23(31)33-15-17-8-6-12-21(25-17)24-14-16-7-5-9-18(13-16)32-2/h3-13H,14-15H2,1-2H3,(H,24,25). The van der Waals surface area contributed by atoms with Crippen LogP contribution in [0.4, 0.5) is 5.82 Å². The zero-order chi connectivity index (χ0) is 22.6. The summed E-state index contributed by atoms with van der Waals surface area (Å²) >= 11 is 0. The lowest BCUT2D eigenvalue weighted by molar-refractivity contribution is 0.272. The van der Waals surface area contributed by atoms with Crippen LogP contribution in [0.15, 0.2) is 66.7 Å². The fraction of sp³-hybridized carbons (Fsp3) is 0.174. The molecule has 5 aromatic rings. The molecule has 5 rings (SSSR count). The Balaban J connectivity index is 1.33. The molecule has 10 nitrogen and oxygen atoms in total. The van der Waals surface area contributed by atoms with Crippen molar-refractivity contribution in [2.75, 3.05) is 12.4 Å². The van der Waals surface area contributed by atoms with Gasteiger partial charge in [-0.3, -0.25) is 0 Å². The van der Waals surface area contributed by atoms with E-state index in [4.69, 9.17) is 9.47 Å². The van der Waals surface area contributed by atoms with Gasteiger partial charge in [-0.05, 0) is 52.4 Å². The highest BCUT2D eigenvalue weighted by molar-refractivity contribution is 5.78. The van der Waals surface area contributed by atoms with Gasteiger partial charge in [-0.2, -0.15) is 4.98 Å². The minimum absolute atomic E-state index is 0.239. The summed E-state index contributed by atoms with van der Waals surface area (Å²) in [4.78, 5) is 9.28. The van der Waals surface area contributed by atoms with Crippen molar-refractivity contribution in [3.8, 4) is 17.7 Å². The van der Waals surface area contributed by atoms with E-state index in [2.05, 4.69) is 30.8 Å². The molecule has 0 spiro atoms. The van der Waals surface area contributed by atoms with Crippen molar-refractivity contribution in [1.82, 2.24) is 34.7 Å². The zero-order valence-corrected chi connectivity index (χ0v) is 18.2. The fourth-order valence-corrected chi connectivity index (χ4v) is 3.48. The quantitative estimate of drug-likeness (QED) is 0.391. The molecule has 166 valence electrons. The Labute approximate surface area is 189 Å². The molecule has 3 aromatic heterocycles. The predicted octanol–water partition coefficient (Wildman–Crippen LogP) is 3.14. The van der Waals surface area contributed by atoms with E-state index in [1.807, 2.05) is 66.7 Å². The summed E-state index contributed by atoms with van der Waals surface area (Å²) in [5.74, 6) is 2.09. The monoisotopic (exact) mass is 442 g/mol. The van der Waals surface area contributed by atoms with E-state index < -0.39 is 0 Å². The molecule has 0 fully saturated rings. The van der Waals surface area contributed by atoms with Crippen molar-refractivity contribution in [3.63, 3.8) is 0 Å². The molecule has 0 radical (unpaired) electrons. The third kappa shape index (κ3) is 4.31. The van der Waals surface area contributed by atoms with Crippen molar-refractivity contribution in [2.45, 2.75) is 13.2 Å². The Kier molecular flexibility index (Phi) is 5.54. The second-order valence-corrected chi connectivity index (χ2v) is 7.33. The molecule has 0 aliphatic rings. The Morgan fingerprint density at radius 3 is 2.70 bits per heavy atom. The van der Waals surface area contributed by atoms with E-state index in [0.717, 1.165) is 33.9 Å². The van der Waals surface area contributed by atoms with E-state index in [0.29, 0.717) is 18.5 Å². The maximum absolute atomic E-state index is 6.07. The van der Waals surface area contributed by atoms with E-state index in [1.165, 1.54) is 0 Å². The van der Waals surface area contributed by atoms with Gasteiger partial charge in [0.25, 0.3) is 5.95 Å². The van der Waals surface area contributed by atoms with Gasteiger partial charge in [0.15, 0.2) is 0 Å². The van der Waals surface area contributed by atoms with Gasteiger partial charge in [0.2, 0.25) is 0 Å².